The Labute approximate surface area is 126 Å². The van der Waals surface area contributed by atoms with E-state index in [0.717, 1.165) is 22.4 Å². The molecule has 0 fully saturated rings. The van der Waals surface area contributed by atoms with E-state index in [4.69, 9.17) is 9.47 Å². The molecule has 0 saturated carbocycles. The fourth-order valence-corrected chi connectivity index (χ4v) is 2.00. The van der Waals surface area contributed by atoms with Crippen LogP contribution < -0.4 is 9.47 Å². The van der Waals surface area contributed by atoms with Gasteiger partial charge in [0.25, 0.3) is 0 Å². The Morgan fingerprint density at radius 3 is 2.43 bits per heavy atom. The van der Waals surface area contributed by atoms with Crippen LogP contribution in [0, 0.1) is 0 Å². The lowest BCUT2D eigenvalue weighted by atomic mass is 10.1. The summed E-state index contributed by atoms with van der Waals surface area (Å²) in [6.45, 7) is 4.01. The van der Waals surface area contributed by atoms with Crippen LogP contribution in [0.3, 0.4) is 0 Å². The van der Waals surface area contributed by atoms with E-state index < -0.39 is 0 Å². The normalized spacial score (nSPS) is 11.7. The van der Waals surface area contributed by atoms with Gasteiger partial charge in [0.2, 0.25) is 0 Å². The minimum atomic E-state index is 0.709. The molecule has 108 valence electrons. The van der Waals surface area contributed by atoms with E-state index in [0.29, 0.717) is 5.75 Å². The van der Waals surface area contributed by atoms with Crippen LogP contribution in [0.25, 0.3) is 11.6 Å². The number of benzene rings is 2. The molecule has 2 rings (SSSR count). The summed E-state index contributed by atoms with van der Waals surface area (Å²) in [5, 5.41) is 0. The van der Waals surface area contributed by atoms with E-state index in [1.807, 2.05) is 62.4 Å². The maximum atomic E-state index is 5.77. The molecule has 0 N–H and O–H groups in total. The first-order valence-corrected chi connectivity index (χ1v) is 6.94. The lowest BCUT2D eigenvalue weighted by Gasteiger charge is -2.09. The number of ether oxygens (including phenoxy) is 2. The Hall–Kier alpha value is -2.48. The first-order valence-electron chi connectivity index (χ1n) is 6.94. The fourth-order valence-electron chi connectivity index (χ4n) is 2.00. The van der Waals surface area contributed by atoms with Crippen molar-refractivity contribution in [2.45, 2.75) is 13.8 Å². The van der Waals surface area contributed by atoms with Crippen molar-refractivity contribution in [1.82, 2.24) is 0 Å². The van der Waals surface area contributed by atoms with Gasteiger partial charge in [-0.15, -0.1) is 0 Å². The Balaban J connectivity index is 2.19. The molecule has 0 unspecified atom stereocenters. The number of hydrogen-bond donors (Lipinski definition) is 0. The topological polar surface area (TPSA) is 18.5 Å². The molecular weight excluding hydrogens is 260 g/mol. The van der Waals surface area contributed by atoms with Gasteiger partial charge in [0.05, 0.1) is 13.4 Å². The van der Waals surface area contributed by atoms with E-state index in [9.17, 15) is 0 Å². The summed E-state index contributed by atoms with van der Waals surface area (Å²) in [5.41, 5.74) is 3.29. The minimum Gasteiger partial charge on any atom is -0.493 e. The highest BCUT2D eigenvalue weighted by atomic mass is 16.5. The monoisotopic (exact) mass is 280 g/mol. The second-order valence-corrected chi connectivity index (χ2v) is 4.70. The van der Waals surface area contributed by atoms with Crippen LogP contribution in [0.1, 0.15) is 25.0 Å². The first-order chi connectivity index (χ1) is 10.2. The van der Waals surface area contributed by atoms with Crippen molar-refractivity contribution in [3.05, 3.63) is 72.0 Å². The van der Waals surface area contributed by atoms with E-state index in [1.165, 1.54) is 0 Å². The van der Waals surface area contributed by atoms with Crippen LogP contribution in [0.2, 0.25) is 0 Å². The van der Waals surface area contributed by atoms with E-state index in [2.05, 4.69) is 12.1 Å². The van der Waals surface area contributed by atoms with Crippen molar-refractivity contribution in [2.75, 3.05) is 7.11 Å². The van der Waals surface area contributed by atoms with Crippen LogP contribution in [0.15, 0.2) is 60.9 Å². The Kier molecular flexibility index (Phi) is 5.22. The molecule has 2 nitrogen and oxygen atoms in total. The molecule has 0 aromatic heterocycles. The van der Waals surface area contributed by atoms with Crippen molar-refractivity contribution in [3.8, 4) is 11.5 Å². The highest BCUT2D eigenvalue weighted by Gasteiger charge is 2.04. The van der Waals surface area contributed by atoms with Crippen molar-refractivity contribution in [1.29, 1.82) is 0 Å². The van der Waals surface area contributed by atoms with Gasteiger partial charge >= 0.3 is 0 Å². The smallest absolute Gasteiger partial charge is 0.168 e. The third-order valence-electron chi connectivity index (χ3n) is 3.14. The molecule has 0 bridgehead atoms. The highest BCUT2D eigenvalue weighted by Crippen LogP contribution is 2.29. The molecule has 0 saturated heterocycles. The van der Waals surface area contributed by atoms with Crippen molar-refractivity contribution >= 4 is 11.6 Å². The molecule has 0 spiro atoms. The molecule has 2 aromatic rings. The summed E-state index contributed by atoms with van der Waals surface area (Å²) in [5.74, 6) is 1.43. The van der Waals surface area contributed by atoms with Gasteiger partial charge in [-0.1, -0.05) is 48.6 Å². The van der Waals surface area contributed by atoms with Crippen LogP contribution in [0.4, 0.5) is 0 Å². The fraction of sp³-hybridized carbons (Fsp3) is 0.158. The summed E-state index contributed by atoms with van der Waals surface area (Å²) in [6.07, 6.45) is 5.77. The van der Waals surface area contributed by atoms with Gasteiger partial charge < -0.3 is 9.47 Å². The van der Waals surface area contributed by atoms with Gasteiger partial charge in [0, 0.05) is 0 Å². The quantitative estimate of drug-likeness (QED) is 0.704. The minimum absolute atomic E-state index is 0.709. The lowest BCUT2D eigenvalue weighted by Crippen LogP contribution is -1.91. The highest BCUT2D eigenvalue weighted by molar-refractivity contribution is 5.63. The lowest BCUT2D eigenvalue weighted by molar-refractivity contribution is 0.378. The first kappa shape index (κ1) is 14.9. The summed E-state index contributed by atoms with van der Waals surface area (Å²) in [4.78, 5) is 0. The third kappa shape index (κ3) is 3.99. The summed E-state index contributed by atoms with van der Waals surface area (Å²) < 4.78 is 11.1. The molecule has 21 heavy (non-hydrogen) atoms. The molecular formula is C19H20O2. The molecule has 0 aliphatic heterocycles. The van der Waals surface area contributed by atoms with Crippen molar-refractivity contribution < 1.29 is 9.47 Å². The number of hydrogen-bond acceptors (Lipinski definition) is 2. The summed E-state index contributed by atoms with van der Waals surface area (Å²) >= 11 is 0. The Morgan fingerprint density at radius 2 is 1.76 bits per heavy atom. The van der Waals surface area contributed by atoms with Gasteiger partial charge in [-0.2, -0.15) is 0 Å². The molecule has 0 radical (unpaired) electrons. The van der Waals surface area contributed by atoms with E-state index in [1.54, 1.807) is 13.4 Å². The molecule has 2 aromatic carbocycles. The molecule has 0 aliphatic carbocycles. The van der Waals surface area contributed by atoms with Crippen LogP contribution in [-0.4, -0.2) is 7.11 Å². The summed E-state index contributed by atoms with van der Waals surface area (Å²) in [6, 6.07) is 16.0. The standard InChI is InChI=1S/C19H20O2/c1-4-8-16-11-12-18(19(13-16)20-3)21-14-15(2)17-9-6-5-7-10-17/h4-14H,1-3H3/b8-4+,15-14+. The third-order valence-corrected chi connectivity index (χ3v) is 3.14. The molecule has 0 aliphatic rings. The average molecular weight is 280 g/mol. The van der Waals surface area contributed by atoms with Gasteiger partial charge in [-0.3, -0.25) is 0 Å². The zero-order valence-electron chi connectivity index (χ0n) is 12.7. The maximum Gasteiger partial charge on any atom is 0.168 e. The zero-order chi connectivity index (χ0) is 15.1. The van der Waals surface area contributed by atoms with Crippen molar-refractivity contribution in [2.24, 2.45) is 0 Å². The Bertz CT molecular complexity index is 640. The molecule has 0 atom stereocenters. The predicted octanol–water partition coefficient (Wildman–Crippen LogP) is 5.17. The van der Waals surface area contributed by atoms with Crippen LogP contribution >= 0.6 is 0 Å². The van der Waals surface area contributed by atoms with E-state index in [-0.39, 0.29) is 0 Å². The molecule has 2 heteroatoms. The molecule has 0 heterocycles. The number of rotatable bonds is 5. The van der Waals surface area contributed by atoms with E-state index >= 15 is 0 Å². The Morgan fingerprint density at radius 1 is 1.00 bits per heavy atom. The van der Waals surface area contributed by atoms with Crippen molar-refractivity contribution in [3.63, 3.8) is 0 Å². The van der Waals surface area contributed by atoms with Gasteiger partial charge in [-0.05, 0) is 42.7 Å². The second-order valence-electron chi connectivity index (χ2n) is 4.70. The average Bonchev–Trinajstić information content (AvgIpc) is 2.54. The number of methoxy groups -OCH3 is 1. The van der Waals surface area contributed by atoms with Gasteiger partial charge in [0.1, 0.15) is 0 Å². The number of allylic oxidation sites excluding steroid dienone is 2. The molecule has 0 amide bonds. The predicted molar refractivity (Wildman–Crippen MR) is 88.4 cm³/mol. The van der Waals surface area contributed by atoms with Gasteiger partial charge in [0.15, 0.2) is 11.5 Å². The van der Waals surface area contributed by atoms with Gasteiger partial charge in [-0.25, -0.2) is 0 Å². The largest absolute Gasteiger partial charge is 0.493 e. The van der Waals surface area contributed by atoms with Crippen LogP contribution in [0.5, 0.6) is 11.5 Å². The second kappa shape index (κ2) is 7.34. The summed E-state index contributed by atoms with van der Waals surface area (Å²) in [7, 11) is 1.65. The zero-order valence-corrected chi connectivity index (χ0v) is 12.7. The maximum absolute atomic E-state index is 5.77. The van der Waals surface area contributed by atoms with Crippen LogP contribution in [-0.2, 0) is 0 Å². The SMILES string of the molecule is C/C=C/c1ccc(O/C=C(\C)c2ccccc2)c(OC)c1.